The lowest BCUT2D eigenvalue weighted by atomic mass is 9.83. The molecule has 1 aliphatic carbocycles. The molecule has 19 heavy (non-hydrogen) atoms. The summed E-state index contributed by atoms with van der Waals surface area (Å²) in [6, 6.07) is -0.253. The molecule has 0 aromatic rings. The fourth-order valence-electron chi connectivity index (χ4n) is 2.59. The minimum atomic E-state index is -0.862. The van der Waals surface area contributed by atoms with Crippen LogP contribution in [0.1, 0.15) is 52.9 Å². The molecule has 1 unspecified atom stereocenters. The van der Waals surface area contributed by atoms with Crippen LogP contribution in [0.15, 0.2) is 0 Å². The Morgan fingerprint density at radius 3 is 2.26 bits per heavy atom. The molecule has 1 saturated carbocycles. The van der Waals surface area contributed by atoms with Crippen molar-refractivity contribution in [2.45, 2.75) is 58.4 Å². The number of amides is 2. The normalized spacial score (nSPS) is 19.8. The first kappa shape index (κ1) is 15.8. The van der Waals surface area contributed by atoms with Gasteiger partial charge in [0.05, 0.1) is 5.92 Å². The van der Waals surface area contributed by atoms with Crippen LogP contribution < -0.4 is 10.6 Å². The maximum Gasteiger partial charge on any atom is 0.315 e. The van der Waals surface area contributed by atoms with Crippen LogP contribution in [0.5, 0.6) is 0 Å². The van der Waals surface area contributed by atoms with Gasteiger partial charge in [0.1, 0.15) is 0 Å². The first-order valence-electron chi connectivity index (χ1n) is 7.13. The molecule has 0 spiro atoms. The molecule has 0 bridgehead atoms. The first-order chi connectivity index (χ1) is 8.84. The average molecular weight is 270 g/mol. The molecule has 0 saturated heterocycles. The SMILES string of the molecule is CC(C)C(CNC(=O)NC1(C)CCCCC1)C(=O)O. The monoisotopic (exact) mass is 270 g/mol. The van der Waals surface area contributed by atoms with Crippen LogP contribution in [-0.2, 0) is 4.79 Å². The molecule has 110 valence electrons. The first-order valence-corrected chi connectivity index (χ1v) is 7.13. The van der Waals surface area contributed by atoms with Crippen LogP contribution in [0, 0.1) is 11.8 Å². The van der Waals surface area contributed by atoms with Crippen molar-refractivity contribution >= 4 is 12.0 Å². The fourth-order valence-corrected chi connectivity index (χ4v) is 2.59. The molecule has 0 heterocycles. The highest BCUT2D eigenvalue weighted by Gasteiger charge is 2.29. The van der Waals surface area contributed by atoms with Crippen molar-refractivity contribution in [2.75, 3.05) is 6.54 Å². The fraction of sp³-hybridized carbons (Fsp3) is 0.857. The second-order valence-corrected chi connectivity index (χ2v) is 6.15. The number of urea groups is 1. The van der Waals surface area contributed by atoms with Gasteiger partial charge in [-0.2, -0.15) is 0 Å². The minimum Gasteiger partial charge on any atom is -0.481 e. The van der Waals surface area contributed by atoms with Gasteiger partial charge >= 0.3 is 12.0 Å². The summed E-state index contributed by atoms with van der Waals surface area (Å²) in [5.74, 6) is -1.40. The molecule has 0 aromatic heterocycles. The highest BCUT2D eigenvalue weighted by atomic mass is 16.4. The van der Waals surface area contributed by atoms with E-state index >= 15 is 0 Å². The molecule has 1 atom stereocenters. The Labute approximate surface area is 115 Å². The maximum absolute atomic E-state index is 11.9. The second kappa shape index (κ2) is 6.78. The Morgan fingerprint density at radius 1 is 1.21 bits per heavy atom. The van der Waals surface area contributed by atoms with Crippen LogP contribution in [0.25, 0.3) is 0 Å². The quantitative estimate of drug-likeness (QED) is 0.717. The van der Waals surface area contributed by atoms with Crippen LogP contribution >= 0.6 is 0 Å². The van der Waals surface area contributed by atoms with Gasteiger partial charge in [0.15, 0.2) is 0 Å². The van der Waals surface area contributed by atoms with Gasteiger partial charge in [0.2, 0.25) is 0 Å². The molecule has 0 radical (unpaired) electrons. The highest BCUT2D eigenvalue weighted by molar-refractivity contribution is 5.76. The molecule has 1 aliphatic rings. The van der Waals surface area contributed by atoms with E-state index in [2.05, 4.69) is 17.6 Å². The van der Waals surface area contributed by atoms with Crippen LogP contribution in [0.4, 0.5) is 4.79 Å². The van der Waals surface area contributed by atoms with Crippen molar-refractivity contribution in [3.63, 3.8) is 0 Å². The van der Waals surface area contributed by atoms with E-state index in [-0.39, 0.29) is 24.0 Å². The molecular formula is C14H26N2O3. The number of carboxylic acids is 1. The smallest absolute Gasteiger partial charge is 0.315 e. The number of hydrogen-bond acceptors (Lipinski definition) is 2. The molecule has 5 nitrogen and oxygen atoms in total. The molecule has 0 aromatic carbocycles. The molecule has 3 N–H and O–H groups in total. The Morgan fingerprint density at radius 2 is 1.79 bits per heavy atom. The van der Waals surface area contributed by atoms with Crippen molar-refractivity contribution in [3.8, 4) is 0 Å². The summed E-state index contributed by atoms with van der Waals surface area (Å²) >= 11 is 0. The summed E-state index contributed by atoms with van der Waals surface area (Å²) in [7, 11) is 0. The lowest BCUT2D eigenvalue weighted by molar-refractivity contribution is -0.142. The third-order valence-electron chi connectivity index (χ3n) is 3.98. The van der Waals surface area contributed by atoms with Crippen LogP contribution in [0.3, 0.4) is 0 Å². The summed E-state index contributed by atoms with van der Waals surface area (Å²) in [6.45, 7) is 5.93. The van der Waals surface area contributed by atoms with Gasteiger partial charge in [0.25, 0.3) is 0 Å². The lowest BCUT2D eigenvalue weighted by Gasteiger charge is -2.34. The third-order valence-corrected chi connectivity index (χ3v) is 3.98. The van der Waals surface area contributed by atoms with Gasteiger partial charge in [-0.25, -0.2) is 4.79 Å². The number of carbonyl (C=O) groups is 2. The lowest BCUT2D eigenvalue weighted by Crippen LogP contribution is -2.52. The Balaban J connectivity index is 2.40. The van der Waals surface area contributed by atoms with Gasteiger partial charge < -0.3 is 15.7 Å². The van der Waals surface area contributed by atoms with Gasteiger partial charge in [-0.1, -0.05) is 33.1 Å². The molecular weight excluding hydrogens is 244 g/mol. The Kier molecular flexibility index (Phi) is 5.63. The number of nitrogens with one attached hydrogen (secondary N) is 2. The predicted molar refractivity (Wildman–Crippen MR) is 74.0 cm³/mol. The number of carbonyl (C=O) groups excluding carboxylic acids is 1. The standard InChI is InChI=1S/C14H26N2O3/c1-10(2)11(12(17)18)9-15-13(19)16-14(3)7-5-4-6-8-14/h10-11H,4-9H2,1-3H3,(H,17,18)(H2,15,16,19). The number of rotatable bonds is 5. The summed E-state index contributed by atoms with van der Waals surface area (Å²) in [5.41, 5.74) is -0.140. The number of carboxylic acid groups (broad SMARTS) is 1. The molecule has 1 rings (SSSR count). The van der Waals surface area contributed by atoms with Crippen molar-refractivity contribution in [1.82, 2.24) is 10.6 Å². The van der Waals surface area contributed by atoms with Crippen molar-refractivity contribution in [2.24, 2.45) is 11.8 Å². The predicted octanol–water partition coefficient (Wildman–Crippen LogP) is 2.37. The molecule has 2 amide bonds. The summed E-state index contributed by atoms with van der Waals surface area (Å²) in [4.78, 5) is 22.9. The number of hydrogen-bond donors (Lipinski definition) is 3. The van der Waals surface area contributed by atoms with Crippen molar-refractivity contribution in [1.29, 1.82) is 0 Å². The zero-order chi connectivity index (χ0) is 14.5. The third kappa shape index (κ3) is 5.09. The largest absolute Gasteiger partial charge is 0.481 e. The van der Waals surface area contributed by atoms with E-state index in [1.165, 1.54) is 6.42 Å². The van der Waals surface area contributed by atoms with Gasteiger partial charge in [-0.3, -0.25) is 4.79 Å². The van der Waals surface area contributed by atoms with Gasteiger partial charge in [-0.15, -0.1) is 0 Å². The maximum atomic E-state index is 11.9. The van der Waals surface area contributed by atoms with Crippen molar-refractivity contribution in [3.05, 3.63) is 0 Å². The van der Waals surface area contributed by atoms with E-state index in [0.717, 1.165) is 25.7 Å². The van der Waals surface area contributed by atoms with Crippen LogP contribution in [0.2, 0.25) is 0 Å². The minimum absolute atomic E-state index is 0.00284. The summed E-state index contributed by atoms with van der Waals surface area (Å²) in [6.07, 6.45) is 5.49. The zero-order valence-corrected chi connectivity index (χ0v) is 12.2. The topological polar surface area (TPSA) is 78.4 Å². The summed E-state index contributed by atoms with van der Waals surface area (Å²) < 4.78 is 0. The van der Waals surface area contributed by atoms with Crippen LogP contribution in [-0.4, -0.2) is 29.2 Å². The number of aliphatic carboxylic acids is 1. The van der Waals surface area contributed by atoms with E-state index in [9.17, 15) is 9.59 Å². The van der Waals surface area contributed by atoms with E-state index in [1.54, 1.807) is 0 Å². The van der Waals surface area contributed by atoms with E-state index < -0.39 is 11.9 Å². The Bertz CT molecular complexity index is 323. The molecule has 0 aliphatic heterocycles. The molecule has 1 fully saturated rings. The van der Waals surface area contributed by atoms with E-state index in [4.69, 9.17) is 5.11 Å². The second-order valence-electron chi connectivity index (χ2n) is 6.15. The molecule has 5 heteroatoms. The zero-order valence-electron chi connectivity index (χ0n) is 12.2. The highest BCUT2D eigenvalue weighted by Crippen LogP contribution is 2.27. The summed E-state index contributed by atoms with van der Waals surface area (Å²) in [5, 5.41) is 14.7. The van der Waals surface area contributed by atoms with E-state index in [1.807, 2.05) is 13.8 Å². The average Bonchev–Trinajstić information content (AvgIpc) is 2.28. The van der Waals surface area contributed by atoms with Gasteiger partial charge in [0, 0.05) is 12.1 Å². The van der Waals surface area contributed by atoms with Gasteiger partial charge in [-0.05, 0) is 25.7 Å². The Hall–Kier alpha value is -1.26. The van der Waals surface area contributed by atoms with Crippen molar-refractivity contribution < 1.29 is 14.7 Å². The van der Waals surface area contributed by atoms with E-state index in [0.29, 0.717) is 0 Å².